The summed E-state index contributed by atoms with van der Waals surface area (Å²) in [5, 5.41) is 0. The van der Waals surface area contributed by atoms with Crippen LogP contribution in [-0.4, -0.2) is 17.9 Å². The summed E-state index contributed by atoms with van der Waals surface area (Å²) in [6, 6.07) is 0. The van der Waals surface area contributed by atoms with Gasteiger partial charge in [0.2, 0.25) is 0 Å². The summed E-state index contributed by atoms with van der Waals surface area (Å²) >= 11 is 0. The summed E-state index contributed by atoms with van der Waals surface area (Å²) in [5.74, 6) is -0.0839. The summed E-state index contributed by atoms with van der Waals surface area (Å²) in [4.78, 5) is 22.4. The van der Waals surface area contributed by atoms with Gasteiger partial charge in [0.25, 0.3) is 0 Å². The van der Waals surface area contributed by atoms with Crippen molar-refractivity contribution in [1.82, 2.24) is 0 Å². The Balaban J connectivity index is 2.42. The van der Waals surface area contributed by atoms with Gasteiger partial charge in [-0.2, -0.15) is 0 Å². The van der Waals surface area contributed by atoms with Crippen molar-refractivity contribution in [2.75, 3.05) is 0 Å². The highest BCUT2D eigenvalue weighted by molar-refractivity contribution is 5.88. The van der Waals surface area contributed by atoms with E-state index in [1.165, 1.54) is 0 Å². The van der Waals surface area contributed by atoms with E-state index in [2.05, 4.69) is 0 Å². The van der Waals surface area contributed by atoms with Crippen LogP contribution in [0.15, 0.2) is 0 Å². The maximum Gasteiger partial charge on any atom is 0.306 e. The lowest BCUT2D eigenvalue weighted by molar-refractivity contribution is -0.147. The molecule has 1 aliphatic rings. The van der Waals surface area contributed by atoms with E-state index in [1.807, 2.05) is 13.8 Å². The van der Waals surface area contributed by atoms with Crippen LogP contribution in [0.3, 0.4) is 0 Å². The topological polar surface area (TPSA) is 43.4 Å². The van der Waals surface area contributed by atoms with E-state index in [-0.39, 0.29) is 17.7 Å². The van der Waals surface area contributed by atoms with Gasteiger partial charge in [-0.15, -0.1) is 0 Å². The Morgan fingerprint density at radius 3 is 2.77 bits per heavy atom. The minimum atomic E-state index is -0.459. The number of hydrogen-bond acceptors (Lipinski definition) is 3. The molecular formula is C10H16O3. The first kappa shape index (κ1) is 10.2. The second kappa shape index (κ2) is 4.40. The Morgan fingerprint density at radius 2 is 2.31 bits per heavy atom. The van der Waals surface area contributed by atoms with Crippen molar-refractivity contribution in [3.63, 3.8) is 0 Å². The predicted molar refractivity (Wildman–Crippen MR) is 48.2 cm³/mol. The van der Waals surface area contributed by atoms with E-state index in [0.29, 0.717) is 12.8 Å². The molecule has 0 aromatic carbocycles. The highest BCUT2D eigenvalue weighted by atomic mass is 16.6. The highest BCUT2D eigenvalue weighted by Crippen LogP contribution is 2.23. The SMILES string of the molecule is CCCCC(=O)[C@@H]1OC(=O)C[C@@H]1C. The van der Waals surface area contributed by atoms with Crippen LogP contribution in [0, 0.1) is 5.92 Å². The Hall–Kier alpha value is -0.860. The molecule has 0 aliphatic carbocycles. The molecule has 1 aliphatic heterocycles. The van der Waals surface area contributed by atoms with Crippen LogP contribution in [0.2, 0.25) is 0 Å². The van der Waals surface area contributed by atoms with Gasteiger partial charge in [-0.25, -0.2) is 0 Å². The van der Waals surface area contributed by atoms with Gasteiger partial charge in [-0.05, 0) is 6.42 Å². The number of carbonyl (C=O) groups excluding carboxylic acids is 2. The lowest BCUT2D eigenvalue weighted by atomic mass is 9.98. The monoisotopic (exact) mass is 184 g/mol. The lowest BCUT2D eigenvalue weighted by Gasteiger charge is -2.11. The predicted octanol–water partition coefficient (Wildman–Crippen LogP) is 1.70. The molecule has 1 rings (SSSR count). The molecule has 0 bridgehead atoms. The van der Waals surface area contributed by atoms with Crippen molar-refractivity contribution >= 4 is 11.8 Å². The normalized spacial score (nSPS) is 27.4. The Morgan fingerprint density at radius 1 is 1.62 bits per heavy atom. The number of unbranched alkanes of at least 4 members (excludes halogenated alkanes) is 1. The third kappa shape index (κ3) is 2.54. The summed E-state index contributed by atoms with van der Waals surface area (Å²) in [6.07, 6.45) is 2.36. The third-order valence-electron chi connectivity index (χ3n) is 2.36. The average Bonchev–Trinajstić information content (AvgIpc) is 2.41. The van der Waals surface area contributed by atoms with E-state index >= 15 is 0 Å². The van der Waals surface area contributed by atoms with E-state index in [1.54, 1.807) is 0 Å². The summed E-state index contributed by atoms with van der Waals surface area (Å²) in [6.45, 7) is 3.93. The number of carbonyl (C=O) groups is 2. The standard InChI is InChI=1S/C10H16O3/c1-3-4-5-8(11)10-7(2)6-9(12)13-10/h7,10H,3-6H2,1-2H3/t7-,10+/m0/s1. The molecule has 0 saturated carbocycles. The second-order valence-corrected chi connectivity index (χ2v) is 3.66. The van der Waals surface area contributed by atoms with Crippen molar-refractivity contribution in [3.05, 3.63) is 0 Å². The van der Waals surface area contributed by atoms with Gasteiger partial charge in [-0.1, -0.05) is 20.3 Å². The number of hydrogen-bond donors (Lipinski definition) is 0. The largest absolute Gasteiger partial charge is 0.454 e. The van der Waals surface area contributed by atoms with E-state index in [9.17, 15) is 9.59 Å². The van der Waals surface area contributed by atoms with Crippen molar-refractivity contribution in [2.45, 2.75) is 45.6 Å². The van der Waals surface area contributed by atoms with Crippen molar-refractivity contribution in [2.24, 2.45) is 5.92 Å². The van der Waals surface area contributed by atoms with Crippen molar-refractivity contribution in [1.29, 1.82) is 0 Å². The molecule has 0 unspecified atom stereocenters. The molecule has 1 saturated heterocycles. The first-order chi connectivity index (χ1) is 6.15. The first-order valence-electron chi connectivity index (χ1n) is 4.87. The minimum Gasteiger partial charge on any atom is -0.454 e. The number of Topliss-reactive ketones (excluding diaryl/α,β-unsaturated/α-hetero) is 1. The van der Waals surface area contributed by atoms with Crippen molar-refractivity contribution < 1.29 is 14.3 Å². The minimum absolute atomic E-state index is 0.0665. The second-order valence-electron chi connectivity index (χ2n) is 3.66. The molecule has 0 amide bonds. The van der Waals surface area contributed by atoms with E-state index in [4.69, 9.17) is 4.74 Å². The molecule has 0 N–H and O–H groups in total. The quantitative estimate of drug-likeness (QED) is 0.624. The molecule has 0 aromatic rings. The number of cyclic esters (lactones) is 1. The van der Waals surface area contributed by atoms with Gasteiger partial charge in [0.1, 0.15) is 0 Å². The Kier molecular flexibility index (Phi) is 3.46. The molecule has 2 atom stereocenters. The van der Waals surface area contributed by atoms with Gasteiger partial charge < -0.3 is 4.74 Å². The number of esters is 1. The first-order valence-corrected chi connectivity index (χ1v) is 4.87. The van der Waals surface area contributed by atoms with Crippen LogP contribution in [-0.2, 0) is 14.3 Å². The zero-order chi connectivity index (χ0) is 9.84. The van der Waals surface area contributed by atoms with Crippen LogP contribution in [0.5, 0.6) is 0 Å². The van der Waals surface area contributed by atoms with Crippen LogP contribution in [0.25, 0.3) is 0 Å². The van der Waals surface area contributed by atoms with Gasteiger partial charge in [0.15, 0.2) is 11.9 Å². The lowest BCUT2D eigenvalue weighted by Crippen LogP contribution is -2.25. The molecule has 3 heteroatoms. The fourth-order valence-electron chi connectivity index (χ4n) is 1.55. The molecule has 74 valence electrons. The third-order valence-corrected chi connectivity index (χ3v) is 2.36. The van der Waals surface area contributed by atoms with E-state index in [0.717, 1.165) is 12.8 Å². The molecule has 0 aromatic heterocycles. The number of ether oxygens (including phenoxy) is 1. The molecule has 1 heterocycles. The summed E-state index contributed by atoms with van der Waals surface area (Å²) in [7, 11) is 0. The smallest absolute Gasteiger partial charge is 0.306 e. The van der Waals surface area contributed by atoms with Crippen LogP contribution >= 0.6 is 0 Å². The Labute approximate surface area is 78.5 Å². The molecule has 1 fully saturated rings. The fourth-order valence-corrected chi connectivity index (χ4v) is 1.55. The molecule has 0 radical (unpaired) electrons. The maximum absolute atomic E-state index is 11.5. The molecule has 3 nitrogen and oxygen atoms in total. The van der Waals surface area contributed by atoms with Crippen molar-refractivity contribution in [3.8, 4) is 0 Å². The zero-order valence-electron chi connectivity index (χ0n) is 8.21. The van der Waals surface area contributed by atoms with Crippen LogP contribution < -0.4 is 0 Å². The Bertz CT molecular complexity index is 210. The maximum atomic E-state index is 11.5. The molecular weight excluding hydrogens is 168 g/mol. The van der Waals surface area contributed by atoms with Gasteiger partial charge >= 0.3 is 5.97 Å². The average molecular weight is 184 g/mol. The van der Waals surface area contributed by atoms with Gasteiger partial charge in [0.05, 0.1) is 6.42 Å². The summed E-state index contributed by atoms with van der Waals surface area (Å²) in [5.41, 5.74) is 0. The molecule has 13 heavy (non-hydrogen) atoms. The zero-order valence-corrected chi connectivity index (χ0v) is 8.21. The molecule has 0 spiro atoms. The van der Waals surface area contributed by atoms with Crippen LogP contribution in [0.4, 0.5) is 0 Å². The number of rotatable bonds is 4. The van der Waals surface area contributed by atoms with Gasteiger partial charge in [-0.3, -0.25) is 9.59 Å². The van der Waals surface area contributed by atoms with Crippen LogP contribution in [0.1, 0.15) is 39.5 Å². The highest BCUT2D eigenvalue weighted by Gasteiger charge is 2.35. The summed E-state index contributed by atoms with van der Waals surface area (Å²) < 4.78 is 4.94. The van der Waals surface area contributed by atoms with E-state index < -0.39 is 6.10 Å². The van der Waals surface area contributed by atoms with Gasteiger partial charge in [0, 0.05) is 12.3 Å². The number of ketones is 1. The fraction of sp³-hybridized carbons (Fsp3) is 0.800.